The monoisotopic (exact) mass is 497 g/mol. The zero-order chi connectivity index (χ0) is 25.4. The predicted molar refractivity (Wildman–Crippen MR) is 131 cm³/mol. The van der Waals surface area contributed by atoms with E-state index in [9.17, 15) is 22.4 Å². The molecule has 1 saturated heterocycles. The van der Waals surface area contributed by atoms with Gasteiger partial charge in [0.1, 0.15) is 5.82 Å². The van der Waals surface area contributed by atoms with Crippen LogP contribution in [0.2, 0.25) is 0 Å². The van der Waals surface area contributed by atoms with Crippen molar-refractivity contribution in [3.8, 4) is 0 Å². The summed E-state index contributed by atoms with van der Waals surface area (Å²) < 4.78 is 54.9. The van der Waals surface area contributed by atoms with Crippen molar-refractivity contribution >= 4 is 17.3 Å². The van der Waals surface area contributed by atoms with Crippen molar-refractivity contribution in [2.45, 2.75) is 31.6 Å². The van der Waals surface area contributed by atoms with Gasteiger partial charge in [0.15, 0.2) is 0 Å². The van der Waals surface area contributed by atoms with E-state index in [4.69, 9.17) is 0 Å². The molecule has 0 aliphatic carbocycles. The van der Waals surface area contributed by atoms with E-state index in [1.165, 1.54) is 12.1 Å². The number of nitrogens with one attached hydrogen (secondary N) is 1. The van der Waals surface area contributed by atoms with Gasteiger partial charge in [-0.1, -0.05) is 42.5 Å². The standard InChI is InChI=1S/C28H27F4N3O/c1-18(19-7-3-2-4-8-19)33-27(36)22-16-20-15-21(28(30,31)32)11-12-24(20)35-14-13-34(17-26(22)35)25-10-6-5-9-23(25)29/h2-12,15,18,22,26H,13-14,16-17H2,1H3,(H,33,36)/t18-,22+,26-/m0/s1. The Bertz CT molecular complexity index is 1250. The van der Waals surface area contributed by atoms with Crippen LogP contribution in [-0.4, -0.2) is 31.6 Å². The first kappa shape index (κ1) is 24.2. The van der Waals surface area contributed by atoms with Gasteiger partial charge in [-0.05, 0) is 54.8 Å². The fraction of sp³-hybridized carbons (Fsp3) is 0.321. The Balaban J connectivity index is 1.47. The highest BCUT2D eigenvalue weighted by Gasteiger charge is 2.43. The van der Waals surface area contributed by atoms with Crippen LogP contribution >= 0.6 is 0 Å². The summed E-state index contributed by atoms with van der Waals surface area (Å²) in [6, 6.07) is 19.2. The Morgan fingerprint density at radius 1 is 0.972 bits per heavy atom. The Morgan fingerprint density at radius 2 is 1.69 bits per heavy atom. The fourth-order valence-electron chi connectivity index (χ4n) is 5.37. The van der Waals surface area contributed by atoms with Gasteiger partial charge < -0.3 is 15.1 Å². The number of alkyl halides is 3. The largest absolute Gasteiger partial charge is 0.416 e. The highest BCUT2D eigenvalue weighted by Crippen LogP contribution is 2.40. The first-order chi connectivity index (χ1) is 17.2. The van der Waals surface area contributed by atoms with E-state index >= 15 is 0 Å². The van der Waals surface area contributed by atoms with Crippen LogP contribution in [0.3, 0.4) is 0 Å². The lowest BCUT2D eigenvalue weighted by Gasteiger charge is -2.50. The van der Waals surface area contributed by atoms with Crippen molar-refractivity contribution in [3.05, 3.63) is 95.3 Å². The van der Waals surface area contributed by atoms with E-state index in [2.05, 4.69) is 5.32 Å². The number of amides is 1. The van der Waals surface area contributed by atoms with E-state index in [0.717, 1.165) is 17.7 Å². The molecule has 3 atom stereocenters. The third kappa shape index (κ3) is 4.64. The first-order valence-electron chi connectivity index (χ1n) is 12.0. The minimum atomic E-state index is -4.46. The Hall–Kier alpha value is -3.55. The number of carbonyl (C=O) groups is 1. The maximum absolute atomic E-state index is 14.6. The average Bonchev–Trinajstić information content (AvgIpc) is 2.87. The Morgan fingerprint density at radius 3 is 2.42 bits per heavy atom. The topological polar surface area (TPSA) is 35.6 Å². The molecule has 36 heavy (non-hydrogen) atoms. The molecule has 2 heterocycles. The number of piperazine rings is 1. The van der Waals surface area contributed by atoms with Crippen LogP contribution in [0.4, 0.5) is 28.9 Å². The molecule has 0 aromatic heterocycles. The van der Waals surface area contributed by atoms with Crippen LogP contribution in [0.1, 0.15) is 29.7 Å². The van der Waals surface area contributed by atoms with Crippen molar-refractivity contribution in [3.63, 3.8) is 0 Å². The molecule has 1 fully saturated rings. The van der Waals surface area contributed by atoms with Gasteiger partial charge in [0.25, 0.3) is 0 Å². The zero-order valence-corrected chi connectivity index (χ0v) is 19.8. The van der Waals surface area contributed by atoms with Gasteiger partial charge in [0.2, 0.25) is 5.91 Å². The molecule has 1 amide bonds. The highest BCUT2D eigenvalue weighted by atomic mass is 19.4. The summed E-state index contributed by atoms with van der Waals surface area (Å²) in [5, 5.41) is 3.06. The number of halogens is 4. The normalized spacial score (nSPS) is 20.4. The molecule has 0 saturated carbocycles. The van der Waals surface area contributed by atoms with E-state index in [-0.39, 0.29) is 30.2 Å². The molecule has 0 bridgehead atoms. The minimum absolute atomic E-state index is 0.179. The number of anilines is 2. The second kappa shape index (κ2) is 9.48. The smallest absolute Gasteiger partial charge is 0.365 e. The molecule has 2 aliphatic rings. The number of rotatable bonds is 4. The van der Waals surface area contributed by atoms with Crippen LogP contribution in [0, 0.1) is 11.7 Å². The minimum Gasteiger partial charge on any atom is -0.365 e. The molecule has 4 nitrogen and oxygen atoms in total. The molecule has 188 valence electrons. The maximum Gasteiger partial charge on any atom is 0.416 e. The lowest BCUT2D eigenvalue weighted by atomic mass is 9.82. The van der Waals surface area contributed by atoms with Crippen LogP contribution < -0.4 is 15.1 Å². The number of fused-ring (bicyclic) bond motifs is 3. The van der Waals surface area contributed by atoms with Crippen molar-refractivity contribution in [1.29, 1.82) is 0 Å². The van der Waals surface area contributed by atoms with E-state index in [1.54, 1.807) is 18.2 Å². The van der Waals surface area contributed by atoms with E-state index in [0.29, 0.717) is 36.6 Å². The number of hydrogen-bond donors (Lipinski definition) is 1. The zero-order valence-electron chi connectivity index (χ0n) is 19.8. The molecule has 5 rings (SSSR count). The first-order valence-corrected chi connectivity index (χ1v) is 12.0. The van der Waals surface area contributed by atoms with Gasteiger partial charge in [-0.3, -0.25) is 4.79 Å². The molecule has 8 heteroatoms. The van der Waals surface area contributed by atoms with E-state index < -0.39 is 17.7 Å². The van der Waals surface area contributed by atoms with Crippen LogP contribution in [0.15, 0.2) is 72.8 Å². The lowest BCUT2D eigenvalue weighted by molar-refractivity contribution is -0.137. The van der Waals surface area contributed by atoms with Gasteiger partial charge in [0, 0.05) is 25.3 Å². The number of nitrogens with zero attached hydrogens (tertiary/aromatic N) is 2. The fourth-order valence-corrected chi connectivity index (χ4v) is 5.37. The number of carbonyl (C=O) groups excluding carboxylic acids is 1. The van der Waals surface area contributed by atoms with E-state index in [1.807, 2.05) is 47.1 Å². The molecule has 3 aromatic rings. The van der Waals surface area contributed by atoms with Crippen LogP contribution in [0.25, 0.3) is 0 Å². The van der Waals surface area contributed by atoms with Crippen molar-refractivity contribution in [1.82, 2.24) is 5.32 Å². The third-order valence-electron chi connectivity index (χ3n) is 7.23. The summed E-state index contributed by atoms with van der Waals surface area (Å²) in [5.41, 5.74) is 1.90. The SMILES string of the molecule is C[C@H](NC(=O)[C@@H]1Cc2cc(C(F)(F)F)ccc2N2CCN(c3ccccc3F)C[C@@H]12)c1ccccc1. The van der Waals surface area contributed by atoms with Gasteiger partial charge >= 0.3 is 6.18 Å². The molecule has 0 unspecified atom stereocenters. The lowest BCUT2D eigenvalue weighted by Crippen LogP contribution is -2.61. The summed E-state index contributed by atoms with van der Waals surface area (Å²) in [6.45, 7) is 3.23. The number of hydrogen-bond acceptors (Lipinski definition) is 3. The summed E-state index contributed by atoms with van der Waals surface area (Å²) in [6.07, 6.45) is -4.28. The van der Waals surface area contributed by atoms with Crippen LogP contribution in [-0.2, 0) is 17.4 Å². The quantitative estimate of drug-likeness (QED) is 0.478. The number of para-hydroxylation sites is 1. The molecular formula is C28H27F4N3O. The van der Waals surface area contributed by atoms with Gasteiger partial charge in [0.05, 0.1) is 29.3 Å². The molecule has 2 aliphatic heterocycles. The van der Waals surface area contributed by atoms with Gasteiger partial charge in [-0.25, -0.2) is 4.39 Å². The van der Waals surface area contributed by atoms with Crippen LogP contribution in [0.5, 0.6) is 0 Å². The summed E-state index contributed by atoms with van der Waals surface area (Å²) >= 11 is 0. The van der Waals surface area contributed by atoms with Gasteiger partial charge in [-0.2, -0.15) is 13.2 Å². The van der Waals surface area contributed by atoms with Crippen molar-refractivity contribution in [2.75, 3.05) is 29.4 Å². The molecule has 0 spiro atoms. The average molecular weight is 498 g/mol. The molecule has 3 aromatic carbocycles. The molecular weight excluding hydrogens is 470 g/mol. The second-order valence-electron chi connectivity index (χ2n) is 9.45. The second-order valence-corrected chi connectivity index (χ2v) is 9.45. The van der Waals surface area contributed by atoms with Crippen molar-refractivity contribution < 1.29 is 22.4 Å². The summed E-state index contributed by atoms with van der Waals surface area (Å²) in [4.78, 5) is 17.5. The summed E-state index contributed by atoms with van der Waals surface area (Å²) in [7, 11) is 0. The Labute approximate surface area is 207 Å². The maximum atomic E-state index is 14.6. The van der Waals surface area contributed by atoms with Gasteiger partial charge in [-0.15, -0.1) is 0 Å². The third-order valence-corrected chi connectivity index (χ3v) is 7.23. The van der Waals surface area contributed by atoms with Crippen molar-refractivity contribution in [2.24, 2.45) is 5.92 Å². The predicted octanol–water partition coefficient (Wildman–Crippen LogP) is 5.59. The highest BCUT2D eigenvalue weighted by molar-refractivity contribution is 5.83. The summed E-state index contributed by atoms with van der Waals surface area (Å²) in [5.74, 6) is -1.16. The Kier molecular flexibility index (Phi) is 6.36. The number of benzene rings is 3. The molecule has 1 N–H and O–H groups in total. The molecule has 0 radical (unpaired) electrons.